The Kier molecular flexibility index (Phi) is 10.3. The lowest BCUT2D eigenvalue weighted by atomic mass is 9.59. The maximum absolute atomic E-state index is 12.9. The third-order valence-corrected chi connectivity index (χ3v) is 11.5. The standard InChI is InChI=1S/C40H52ClN3O4/c1-26(25-47-36-14-19-42-35-11-6-8-27(2)37(35)36)20-30-21-29-12-13-33(48-28(3)24-44(4)5)23-34(29)39(30)15-17-40(18-16-39,38(45)46)43-32-10-7-9-31(41)22-32/h7,9-10,12-14,19,22-23,26-28,30,43H,6,8,11,15-18,20-21,24-25H2,1-5H3,(H,45,46)/t26-,27-,28-,30?,39?,40?/m1/s1. The van der Waals surface area contributed by atoms with Gasteiger partial charge in [0.05, 0.1) is 6.61 Å². The van der Waals surface area contributed by atoms with Gasteiger partial charge < -0.3 is 24.8 Å². The Balaban J connectivity index is 1.24. The number of anilines is 1. The largest absolute Gasteiger partial charge is 0.493 e. The molecule has 3 aliphatic carbocycles. The maximum Gasteiger partial charge on any atom is 0.329 e. The van der Waals surface area contributed by atoms with E-state index in [0.717, 1.165) is 55.8 Å². The molecule has 0 saturated heterocycles. The van der Waals surface area contributed by atoms with Gasteiger partial charge in [-0.05, 0) is 150 Å². The van der Waals surface area contributed by atoms with E-state index in [2.05, 4.69) is 68.3 Å². The zero-order valence-electron chi connectivity index (χ0n) is 29.2. The lowest BCUT2D eigenvalue weighted by Crippen LogP contribution is -2.53. The molecule has 4 atom stereocenters. The number of benzene rings is 2. The van der Waals surface area contributed by atoms with E-state index in [4.69, 9.17) is 21.1 Å². The van der Waals surface area contributed by atoms with Gasteiger partial charge in [-0.2, -0.15) is 0 Å². The lowest BCUT2D eigenvalue weighted by Gasteiger charge is -2.47. The van der Waals surface area contributed by atoms with E-state index in [0.29, 0.717) is 42.2 Å². The van der Waals surface area contributed by atoms with Crippen LogP contribution in [0, 0.1) is 11.8 Å². The summed E-state index contributed by atoms with van der Waals surface area (Å²) in [6.07, 6.45) is 9.94. The van der Waals surface area contributed by atoms with Crippen molar-refractivity contribution in [1.29, 1.82) is 0 Å². The fourth-order valence-corrected chi connectivity index (χ4v) is 9.12. The van der Waals surface area contributed by atoms with E-state index in [1.165, 1.54) is 35.2 Å². The normalized spacial score (nSPS) is 26.1. The van der Waals surface area contributed by atoms with Gasteiger partial charge in [0.2, 0.25) is 0 Å². The highest BCUT2D eigenvalue weighted by Crippen LogP contribution is 2.57. The van der Waals surface area contributed by atoms with E-state index in [9.17, 15) is 9.90 Å². The molecule has 8 heteroatoms. The van der Waals surface area contributed by atoms with Crippen LogP contribution in [0.3, 0.4) is 0 Å². The second kappa shape index (κ2) is 14.3. The number of nitrogens with zero attached hydrogens (tertiary/aromatic N) is 2. The van der Waals surface area contributed by atoms with Crippen LogP contribution in [0.4, 0.5) is 5.69 Å². The molecule has 3 aliphatic rings. The third kappa shape index (κ3) is 7.18. The molecule has 2 N–H and O–H groups in total. The predicted molar refractivity (Wildman–Crippen MR) is 193 cm³/mol. The molecule has 2 aromatic carbocycles. The Morgan fingerprint density at radius 2 is 1.92 bits per heavy atom. The average Bonchev–Trinajstić information content (AvgIpc) is 3.32. The number of hydrogen-bond acceptors (Lipinski definition) is 6. The molecule has 0 amide bonds. The highest BCUT2D eigenvalue weighted by molar-refractivity contribution is 6.30. The minimum Gasteiger partial charge on any atom is -0.493 e. The number of ether oxygens (including phenoxy) is 2. The summed E-state index contributed by atoms with van der Waals surface area (Å²) in [6, 6.07) is 16.1. The number of aryl methyl sites for hydroxylation is 1. The van der Waals surface area contributed by atoms with Crippen molar-refractivity contribution in [1.82, 2.24) is 9.88 Å². The molecule has 1 saturated carbocycles. The van der Waals surface area contributed by atoms with Crippen LogP contribution in [-0.4, -0.2) is 59.8 Å². The first kappa shape index (κ1) is 34.6. The Bertz CT molecular complexity index is 1600. The van der Waals surface area contributed by atoms with E-state index in [1.807, 2.05) is 36.5 Å². The summed E-state index contributed by atoms with van der Waals surface area (Å²) >= 11 is 6.28. The number of rotatable bonds is 12. The van der Waals surface area contributed by atoms with Crippen molar-refractivity contribution in [3.05, 3.63) is 82.1 Å². The Morgan fingerprint density at radius 3 is 2.65 bits per heavy atom. The van der Waals surface area contributed by atoms with Crippen LogP contribution in [0.2, 0.25) is 5.02 Å². The number of aliphatic carboxylic acids is 1. The molecule has 258 valence electrons. The van der Waals surface area contributed by atoms with E-state index in [-0.39, 0.29) is 11.5 Å². The van der Waals surface area contributed by atoms with Gasteiger partial charge >= 0.3 is 5.97 Å². The number of fused-ring (bicyclic) bond motifs is 3. The molecule has 1 unspecified atom stereocenters. The molecule has 0 aliphatic heterocycles. The highest BCUT2D eigenvalue weighted by atomic mass is 35.5. The van der Waals surface area contributed by atoms with E-state index in [1.54, 1.807) is 0 Å². The van der Waals surface area contributed by atoms with Crippen LogP contribution in [0.1, 0.15) is 94.0 Å². The van der Waals surface area contributed by atoms with Gasteiger partial charge in [0.15, 0.2) is 0 Å². The summed E-state index contributed by atoms with van der Waals surface area (Å²) in [5.41, 5.74) is 4.75. The molecule has 1 fully saturated rings. The van der Waals surface area contributed by atoms with E-state index >= 15 is 0 Å². The number of carboxylic acids is 1. The Hall–Kier alpha value is -3.29. The average molecular weight is 674 g/mol. The van der Waals surface area contributed by atoms with Gasteiger partial charge in [-0.15, -0.1) is 0 Å². The van der Waals surface area contributed by atoms with Gasteiger partial charge in [0, 0.05) is 34.7 Å². The number of hydrogen-bond donors (Lipinski definition) is 2. The van der Waals surface area contributed by atoms with Gasteiger partial charge in [-0.1, -0.05) is 37.6 Å². The third-order valence-electron chi connectivity index (χ3n) is 11.2. The van der Waals surface area contributed by atoms with Crippen molar-refractivity contribution in [3.8, 4) is 11.5 Å². The number of pyridine rings is 1. The number of carboxylic acid groups (broad SMARTS) is 1. The van der Waals surface area contributed by atoms with Crippen LogP contribution in [0.15, 0.2) is 54.7 Å². The molecule has 1 spiro atoms. The zero-order valence-corrected chi connectivity index (χ0v) is 30.0. The van der Waals surface area contributed by atoms with Crippen molar-refractivity contribution in [2.75, 3.05) is 32.6 Å². The number of nitrogens with one attached hydrogen (secondary N) is 1. The minimum atomic E-state index is -1.05. The summed E-state index contributed by atoms with van der Waals surface area (Å²) in [5, 5.41) is 14.6. The molecule has 48 heavy (non-hydrogen) atoms. The van der Waals surface area contributed by atoms with Crippen LogP contribution < -0.4 is 14.8 Å². The van der Waals surface area contributed by atoms with Crippen molar-refractivity contribution >= 4 is 23.3 Å². The first-order valence-electron chi connectivity index (χ1n) is 17.8. The molecular formula is C40H52ClN3O4. The first-order chi connectivity index (χ1) is 23.0. The zero-order chi connectivity index (χ0) is 34.1. The van der Waals surface area contributed by atoms with Crippen molar-refractivity contribution in [2.45, 2.75) is 102 Å². The molecule has 1 aromatic heterocycles. The number of aromatic nitrogens is 1. The second-order valence-electron chi connectivity index (χ2n) is 15.2. The molecule has 7 nitrogen and oxygen atoms in total. The Morgan fingerprint density at radius 1 is 1.12 bits per heavy atom. The fourth-order valence-electron chi connectivity index (χ4n) is 8.93. The van der Waals surface area contributed by atoms with Gasteiger partial charge in [0.1, 0.15) is 23.1 Å². The minimum absolute atomic E-state index is 0.0536. The summed E-state index contributed by atoms with van der Waals surface area (Å²) in [7, 11) is 4.12. The summed E-state index contributed by atoms with van der Waals surface area (Å²) in [5.74, 6) is 2.25. The number of likely N-dealkylation sites (N-methyl/N-ethyl adjacent to an activating group) is 1. The van der Waals surface area contributed by atoms with Crippen LogP contribution >= 0.6 is 11.6 Å². The van der Waals surface area contributed by atoms with Gasteiger partial charge in [0.25, 0.3) is 0 Å². The monoisotopic (exact) mass is 673 g/mol. The van der Waals surface area contributed by atoms with Crippen molar-refractivity contribution in [3.63, 3.8) is 0 Å². The quantitative estimate of drug-likeness (QED) is 0.199. The van der Waals surface area contributed by atoms with Gasteiger partial charge in [-0.3, -0.25) is 4.98 Å². The van der Waals surface area contributed by atoms with Crippen LogP contribution in [-0.2, 0) is 23.1 Å². The highest BCUT2D eigenvalue weighted by Gasteiger charge is 2.54. The van der Waals surface area contributed by atoms with Crippen molar-refractivity contribution < 1.29 is 19.4 Å². The van der Waals surface area contributed by atoms with Crippen molar-refractivity contribution in [2.24, 2.45) is 11.8 Å². The van der Waals surface area contributed by atoms with Crippen LogP contribution in [0.25, 0.3) is 0 Å². The van der Waals surface area contributed by atoms with Crippen LogP contribution in [0.5, 0.6) is 11.5 Å². The first-order valence-corrected chi connectivity index (χ1v) is 18.2. The smallest absolute Gasteiger partial charge is 0.329 e. The number of carbonyl (C=O) groups is 1. The molecule has 0 radical (unpaired) electrons. The summed E-state index contributed by atoms with van der Waals surface area (Å²) < 4.78 is 13.0. The second-order valence-corrected chi connectivity index (χ2v) is 15.6. The topological polar surface area (TPSA) is 83.9 Å². The number of halogens is 1. The molecule has 0 bridgehead atoms. The maximum atomic E-state index is 12.9. The Labute approximate surface area is 291 Å². The summed E-state index contributed by atoms with van der Waals surface area (Å²) in [6.45, 7) is 8.18. The van der Waals surface area contributed by atoms with Gasteiger partial charge in [-0.25, -0.2) is 4.79 Å². The molecule has 1 heterocycles. The predicted octanol–water partition coefficient (Wildman–Crippen LogP) is 8.53. The fraction of sp³-hybridized carbons (Fsp3) is 0.550. The summed E-state index contributed by atoms with van der Waals surface area (Å²) in [4.78, 5) is 19.7. The molecule has 6 rings (SSSR count). The van der Waals surface area contributed by atoms with E-state index < -0.39 is 11.5 Å². The lowest BCUT2D eigenvalue weighted by molar-refractivity contribution is -0.144. The molecule has 3 aromatic rings. The molecular weight excluding hydrogens is 622 g/mol. The SMILES string of the molecule is C[C@@H](COc1ccnc2c1[C@H](C)CCC2)CC1Cc2ccc(O[C@H](C)CN(C)C)cc2C12CCC(Nc1cccc(Cl)c1)(C(=O)O)CC2.